The van der Waals surface area contributed by atoms with Crippen LogP contribution >= 0.6 is 23.1 Å². The maximum absolute atomic E-state index is 4.24. The minimum Gasteiger partial charge on any atom is -0.315 e. The molecule has 1 aromatic heterocycles. The van der Waals surface area contributed by atoms with E-state index in [0.717, 1.165) is 6.54 Å². The van der Waals surface area contributed by atoms with Crippen molar-refractivity contribution in [1.82, 2.24) is 10.3 Å². The molecule has 0 fully saturated rings. The number of thiazole rings is 1. The second-order valence-electron chi connectivity index (χ2n) is 3.25. The Morgan fingerprint density at radius 3 is 3.14 bits per heavy atom. The van der Waals surface area contributed by atoms with E-state index in [1.807, 2.05) is 23.3 Å². The van der Waals surface area contributed by atoms with Gasteiger partial charge in [0.05, 0.1) is 0 Å². The Hall–Kier alpha value is -0.0600. The van der Waals surface area contributed by atoms with Gasteiger partial charge < -0.3 is 5.32 Å². The summed E-state index contributed by atoms with van der Waals surface area (Å²) in [4.78, 5) is 4.24. The van der Waals surface area contributed by atoms with Gasteiger partial charge in [-0.05, 0) is 26.3 Å². The zero-order valence-corrected chi connectivity index (χ0v) is 10.5. The molecule has 80 valence electrons. The molecular formula is C10H18N2S2. The second kappa shape index (κ2) is 7.26. The number of hydrogen-bond donors (Lipinski definition) is 1. The van der Waals surface area contributed by atoms with Gasteiger partial charge in [-0.1, -0.05) is 18.7 Å². The summed E-state index contributed by atoms with van der Waals surface area (Å²) in [6.45, 7) is 5.47. The minimum atomic E-state index is 0.650. The molecule has 14 heavy (non-hydrogen) atoms. The van der Waals surface area contributed by atoms with Crippen LogP contribution in [0.4, 0.5) is 0 Å². The van der Waals surface area contributed by atoms with Crippen molar-refractivity contribution >= 4 is 23.1 Å². The van der Waals surface area contributed by atoms with Crippen molar-refractivity contribution in [3.05, 3.63) is 11.6 Å². The summed E-state index contributed by atoms with van der Waals surface area (Å²) in [5.41, 5.74) is 0. The number of nitrogens with zero attached hydrogens (tertiary/aromatic N) is 1. The lowest BCUT2D eigenvalue weighted by molar-refractivity contribution is 0.526. The lowest BCUT2D eigenvalue weighted by atomic mass is 10.2. The molecule has 1 rings (SSSR count). The SMILES string of the molecule is CCNC(C)CCCSc1nccs1. The highest BCUT2D eigenvalue weighted by molar-refractivity contribution is 8.00. The molecule has 0 bridgehead atoms. The summed E-state index contributed by atoms with van der Waals surface area (Å²) in [5, 5.41) is 5.45. The normalized spacial score (nSPS) is 13.0. The van der Waals surface area contributed by atoms with Crippen LogP contribution in [0.3, 0.4) is 0 Å². The summed E-state index contributed by atoms with van der Waals surface area (Å²) < 4.78 is 1.20. The first-order valence-electron chi connectivity index (χ1n) is 5.08. The number of thioether (sulfide) groups is 1. The molecule has 1 N–H and O–H groups in total. The van der Waals surface area contributed by atoms with Gasteiger partial charge in [0.1, 0.15) is 4.34 Å². The van der Waals surface area contributed by atoms with E-state index in [2.05, 4.69) is 24.1 Å². The predicted octanol–water partition coefficient (Wildman–Crippen LogP) is 3.01. The average Bonchev–Trinajstić information content (AvgIpc) is 2.65. The van der Waals surface area contributed by atoms with E-state index in [4.69, 9.17) is 0 Å². The summed E-state index contributed by atoms with van der Waals surface area (Å²) >= 11 is 3.60. The summed E-state index contributed by atoms with van der Waals surface area (Å²) in [6, 6.07) is 0.650. The van der Waals surface area contributed by atoms with Crippen molar-refractivity contribution in [3.8, 4) is 0 Å². The Labute approximate surface area is 94.5 Å². The van der Waals surface area contributed by atoms with Crippen LogP contribution in [-0.2, 0) is 0 Å². The Bertz CT molecular complexity index is 224. The zero-order valence-electron chi connectivity index (χ0n) is 8.82. The van der Waals surface area contributed by atoms with Crippen molar-refractivity contribution in [2.45, 2.75) is 37.1 Å². The number of nitrogens with one attached hydrogen (secondary N) is 1. The lowest BCUT2D eigenvalue weighted by Crippen LogP contribution is -2.25. The first kappa shape index (κ1) is 12.0. The van der Waals surface area contributed by atoms with E-state index >= 15 is 0 Å². The molecule has 0 saturated heterocycles. The van der Waals surface area contributed by atoms with E-state index in [1.54, 1.807) is 11.3 Å². The fraction of sp³-hybridized carbons (Fsp3) is 0.700. The summed E-state index contributed by atoms with van der Waals surface area (Å²) in [7, 11) is 0. The molecule has 0 aromatic carbocycles. The first-order valence-corrected chi connectivity index (χ1v) is 6.95. The van der Waals surface area contributed by atoms with Crippen LogP contribution in [0, 0.1) is 0 Å². The van der Waals surface area contributed by atoms with E-state index in [9.17, 15) is 0 Å². The molecule has 0 aliphatic heterocycles. The fourth-order valence-corrected chi connectivity index (χ4v) is 2.95. The molecule has 0 aliphatic carbocycles. The fourth-order valence-electron chi connectivity index (χ4n) is 1.28. The van der Waals surface area contributed by atoms with E-state index < -0.39 is 0 Å². The van der Waals surface area contributed by atoms with Crippen LogP contribution in [0.25, 0.3) is 0 Å². The monoisotopic (exact) mass is 230 g/mol. The highest BCUT2D eigenvalue weighted by atomic mass is 32.2. The molecule has 1 aromatic rings. The van der Waals surface area contributed by atoms with Crippen LogP contribution < -0.4 is 5.32 Å². The summed E-state index contributed by atoms with van der Waals surface area (Å²) in [6.07, 6.45) is 4.39. The van der Waals surface area contributed by atoms with Crippen LogP contribution in [0.2, 0.25) is 0 Å². The zero-order chi connectivity index (χ0) is 10.2. The third kappa shape index (κ3) is 4.98. The Morgan fingerprint density at radius 2 is 2.50 bits per heavy atom. The third-order valence-electron chi connectivity index (χ3n) is 1.97. The Morgan fingerprint density at radius 1 is 1.64 bits per heavy atom. The van der Waals surface area contributed by atoms with Gasteiger partial charge >= 0.3 is 0 Å². The summed E-state index contributed by atoms with van der Waals surface area (Å²) in [5.74, 6) is 1.18. The van der Waals surface area contributed by atoms with Crippen molar-refractivity contribution in [2.24, 2.45) is 0 Å². The molecule has 4 heteroatoms. The molecular weight excluding hydrogens is 212 g/mol. The maximum atomic E-state index is 4.24. The molecule has 1 heterocycles. The number of aromatic nitrogens is 1. The number of hydrogen-bond acceptors (Lipinski definition) is 4. The van der Waals surface area contributed by atoms with Gasteiger partial charge in [-0.3, -0.25) is 0 Å². The molecule has 0 amide bonds. The van der Waals surface area contributed by atoms with Crippen molar-refractivity contribution in [3.63, 3.8) is 0 Å². The van der Waals surface area contributed by atoms with E-state index in [1.165, 1.54) is 22.9 Å². The van der Waals surface area contributed by atoms with Gasteiger partial charge in [-0.15, -0.1) is 11.3 Å². The van der Waals surface area contributed by atoms with Gasteiger partial charge in [0.2, 0.25) is 0 Å². The van der Waals surface area contributed by atoms with Crippen molar-refractivity contribution < 1.29 is 0 Å². The van der Waals surface area contributed by atoms with Crippen LogP contribution in [-0.4, -0.2) is 23.3 Å². The largest absolute Gasteiger partial charge is 0.315 e. The standard InChI is InChI=1S/C10H18N2S2/c1-3-11-9(2)5-4-7-13-10-12-6-8-14-10/h6,8-9,11H,3-5,7H2,1-2H3. The highest BCUT2D eigenvalue weighted by Crippen LogP contribution is 2.21. The van der Waals surface area contributed by atoms with Gasteiger partial charge in [-0.25, -0.2) is 4.98 Å². The first-order chi connectivity index (χ1) is 6.83. The van der Waals surface area contributed by atoms with Crippen molar-refractivity contribution in [1.29, 1.82) is 0 Å². The third-order valence-corrected chi connectivity index (χ3v) is 4.02. The lowest BCUT2D eigenvalue weighted by Gasteiger charge is -2.10. The molecule has 1 unspecified atom stereocenters. The van der Waals surface area contributed by atoms with Crippen molar-refractivity contribution in [2.75, 3.05) is 12.3 Å². The van der Waals surface area contributed by atoms with Gasteiger partial charge in [0.15, 0.2) is 0 Å². The van der Waals surface area contributed by atoms with Gasteiger partial charge in [0, 0.05) is 23.4 Å². The second-order valence-corrected chi connectivity index (χ2v) is 5.48. The maximum Gasteiger partial charge on any atom is 0.149 e. The Kier molecular flexibility index (Phi) is 6.23. The quantitative estimate of drug-likeness (QED) is 0.576. The smallest absolute Gasteiger partial charge is 0.149 e. The van der Waals surface area contributed by atoms with Crippen LogP contribution in [0.5, 0.6) is 0 Å². The number of rotatable bonds is 7. The van der Waals surface area contributed by atoms with Crippen LogP contribution in [0.1, 0.15) is 26.7 Å². The van der Waals surface area contributed by atoms with Crippen LogP contribution in [0.15, 0.2) is 15.9 Å². The molecule has 1 atom stereocenters. The molecule has 2 nitrogen and oxygen atoms in total. The highest BCUT2D eigenvalue weighted by Gasteiger charge is 2.00. The molecule has 0 aliphatic rings. The van der Waals surface area contributed by atoms with E-state index in [-0.39, 0.29) is 0 Å². The predicted molar refractivity (Wildman–Crippen MR) is 65.2 cm³/mol. The minimum absolute atomic E-state index is 0.650. The average molecular weight is 230 g/mol. The topological polar surface area (TPSA) is 24.9 Å². The Balaban J connectivity index is 1.99. The van der Waals surface area contributed by atoms with Gasteiger partial charge in [0.25, 0.3) is 0 Å². The van der Waals surface area contributed by atoms with E-state index in [0.29, 0.717) is 6.04 Å². The molecule has 0 radical (unpaired) electrons. The molecule has 0 saturated carbocycles. The molecule has 0 spiro atoms. The van der Waals surface area contributed by atoms with Gasteiger partial charge in [-0.2, -0.15) is 0 Å².